The second-order valence-corrected chi connectivity index (χ2v) is 8.13. The first-order valence-corrected chi connectivity index (χ1v) is 9.78. The lowest BCUT2D eigenvalue weighted by Gasteiger charge is -2.35. The zero-order valence-electron chi connectivity index (χ0n) is 17.1. The lowest BCUT2D eigenvalue weighted by molar-refractivity contribution is -0.134. The van der Waals surface area contributed by atoms with Crippen molar-refractivity contribution < 1.29 is 9.90 Å². The minimum absolute atomic E-state index is 0. The fraction of sp³-hybridized carbons (Fsp3) is 0.789. The molecule has 9 heteroatoms. The Labute approximate surface area is 180 Å². The summed E-state index contributed by atoms with van der Waals surface area (Å²) in [5, 5.41) is 17.2. The van der Waals surface area contributed by atoms with Gasteiger partial charge in [-0.1, -0.05) is 0 Å². The van der Waals surface area contributed by atoms with Gasteiger partial charge < -0.3 is 20.2 Å². The molecule has 3 rings (SSSR count). The van der Waals surface area contributed by atoms with Crippen LogP contribution in [-0.4, -0.2) is 83.0 Å². The number of carbonyl (C=O) groups excluding carboxylic acids is 1. The molecule has 1 unspecified atom stereocenters. The van der Waals surface area contributed by atoms with Crippen molar-refractivity contribution in [3.63, 3.8) is 0 Å². The Morgan fingerprint density at radius 3 is 2.61 bits per heavy atom. The Morgan fingerprint density at radius 1 is 1.36 bits per heavy atom. The molecule has 1 aromatic rings. The van der Waals surface area contributed by atoms with E-state index in [1.165, 1.54) is 0 Å². The summed E-state index contributed by atoms with van der Waals surface area (Å²) >= 11 is 0. The summed E-state index contributed by atoms with van der Waals surface area (Å²) in [5.74, 6) is 1.02. The van der Waals surface area contributed by atoms with Gasteiger partial charge in [0.2, 0.25) is 5.91 Å². The van der Waals surface area contributed by atoms with E-state index in [4.69, 9.17) is 0 Å². The molecule has 0 bridgehead atoms. The first-order valence-electron chi connectivity index (χ1n) is 9.78. The zero-order chi connectivity index (χ0) is 18.7. The summed E-state index contributed by atoms with van der Waals surface area (Å²) in [7, 11) is 3.86. The molecule has 2 N–H and O–H groups in total. The number of piperidine rings is 1. The molecular formula is C19H35Cl2N5O2. The predicted molar refractivity (Wildman–Crippen MR) is 115 cm³/mol. The van der Waals surface area contributed by atoms with E-state index in [1.807, 2.05) is 38.3 Å². The lowest BCUT2D eigenvalue weighted by Crippen LogP contribution is -2.43. The molecule has 2 saturated heterocycles. The summed E-state index contributed by atoms with van der Waals surface area (Å²) in [6.07, 6.45) is 5.83. The van der Waals surface area contributed by atoms with Crippen LogP contribution in [0.1, 0.15) is 31.2 Å². The van der Waals surface area contributed by atoms with Crippen LogP contribution in [0.3, 0.4) is 0 Å². The number of hydrogen-bond donors (Lipinski definition) is 2. The first kappa shape index (κ1) is 25.2. The number of nitrogens with zero attached hydrogens (tertiary/aromatic N) is 4. The van der Waals surface area contributed by atoms with Gasteiger partial charge >= 0.3 is 0 Å². The van der Waals surface area contributed by atoms with E-state index in [9.17, 15) is 9.90 Å². The molecule has 1 aromatic heterocycles. The van der Waals surface area contributed by atoms with E-state index < -0.39 is 0 Å². The maximum atomic E-state index is 13.0. The number of β-amino-alcohol motifs (C(OH)–C–C–N with tert-alkyl or cyclic N) is 1. The summed E-state index contributed by atoms with van der Waals surface area (Å²) in [6.45, 7) is 7.04. The Kier molecular flexibility index (Phi) is 10.2. The quantitative estimate of drug-likeness (QED) is 0.699. The van der Waals surface area contributed by atoms with Crippen LogP contribution in [0.4, 0.5) is 0 Å². The van der Waals surface area contributed by atoms with Crippen molar-refractivity contribution in [3.05, 3.63) is 18.0 Å². The third-order valence-corrected chi connectivity index (χ3v) is 5.82. The Balaban J connectivity index is 0.00000196. The average Bonchev–Trinajstić information content (AvgIpc) is 3.24. The van der Waals surface area contributed by atoms with Gasteiger partial charge in [0, 0.05) is 52.4 Å². The molecule has 3 atom stereocenters. The fourth-order valence-corrected chi connectivity index (χ4v) is 4.41. The van der Waals surface area contributed by atoms with Crippen molar-refractivity contribution in [3.8, 4) is 0 Å². The summed E-state index contributed by atoms with van der Waals surface area (Å²) in [4.78, 5) is 17.3. The van der Waals surface area contributed by atoms with Gasteiger partial charge in [0.25, 0.3) is 0 Å². The minimum Gasteiger partial charge on any atom is -0.392 e. The van der Waals surface area contributed by atoms with Gasteiger partial charge in [-0.3, -0.25) is 9.48 Å². The normalized spacial score (nSPS) is 24.3. The van der Waals surface area contributed by atoms with Gasteiger partial charge in [-0.2, -0.15) is 5.10 Å². The molecule has 0 aromatic carbocycles. The number of aliphatic hydroxyl groups excluding tert-OH is 1. The van der Waals surface area contributed by atoms with Crippen molar-refractivity contribution in [1.82, 2.24) is 24.9 Å². The SMILES string of the molecule is CC(O)CN1CCC(CN(C)C(=O)[C@H]2CNC[C@@H]2c2cnn(C)c2)CC1.Cl.Cl. The van der Waals surface area contributed by atoms with Crippen molar-refractivity contribution in [2.45, 2.75) is 31.8 Å². The van der Waals surface area contributed by atoms with Gasteiger partial charge in [-0.05, 0) is 44.3 Å². The summed E-state index contributed by atoms with van der Waals surface area (Å²) in [5.41, 5.74) is 1.15. The molecular weight excluding hydrogens is 401 g/mol. The van der Waals surface area contributed by atoms with Gasteiger partial charge in [0.1, 0.15) is 0 Å². The second-order valence-electron chi connectivity index (χ2n) is 8.13. The number of likely N-dealkylation sites (tertiary alicyclic amines) is 1. The Morgan fingerprint density at radius 2 is 2.04 bits per heavy atom. The largest absolute Gasteiger partial charge is 0.392 e. The van der Waals surface area contributed by atoms with Crippen LogP contribution >= 0.6 is 24.8 Å². The van der Waals surface area contributed by atoms with Gasteiger partial charge in [0.05, 0.1) is 18.2 Å². The smallest absolute Gasteiger partial charge is 0.227 e. The van der Waals surface area contributed by atoms with Crippen LogP contribution in [0.2, 0.25) is 0 Å². The fourth-order valence-electron chi connectivity index (χ4n) is 4.41. The molecule has 2 aliphatic rings. The number of hydrogen-bond acceptors (Lipinski definition) is 5. The average molecular weight is 436 g/mol. The number of nitrogens with one attached hydrogen (secondary N) is 1. The molecule has 2 aliphatic heterocycles. The number of rotatable bonds is 6. The summed E-state index contributed by atoms with van der Waals surface area (Å²) < 4.78 is 1.81. The third kappa shape index (κ3) is 6.32. The minimum atomic E-state index is -0.268. The topological polar surface area (TPSA) is 73.6 Å². The zero-order valence-corrected chi connectivity index (χ0v) is 18.7. The molecule has 1 amide bonds. The van der Waals surface area contributed by atoms with Crippen molar-refractivity contribution >= 4 is 30.7 Å². The van der Waals surface area contributed by atoms with Crippen LogP contribution in [0.25, 0.3) is 0 Å². The molecule has 28 heavy (non-hydrogen) atoms. The third-order valence-electron chi connectivity index (χ3n) is 5.82. The van der Waals surface area contributed by atoms with E-state index in [-0.39, 0.29) is 48.7 Å². The maximum Gasteiger partial charge on any atom is 0.227 e. The second kappa shape index (κ2) is 11.4. The molecule has 0 saturated carbocycles. The number of carbonyl (C=O) groups is 1. The molecule has 0 radical (unpaired) electrons. The van der Waals surface area contributed by atoms with Crippen molar-refractivity contribution in [2.24, 2.45) is 18.9 Å². The number of amides is 1. The molecule has 0 aliphatic carbocycles. The lowest BCUT2D eigenvalue weighted by atomic mass is 9.89. The van der Waals surface area contributed by atoms with Crippen LogP contribution in [0, 0.1) is 11.8 Å². The van der Waals surface area contributed by atoms with E-state index in [2.05, 4.69) is 15.3 Å². The number of aliphatic hydroxyl groups is 1. The summed E-state index contributed by atoms with van der Waals surface area (Å²) in [6, 6.07) is 0. The van der Waals surface area contributed by atoms with E-state index in [1.54, 1.807) is 4.68 Å². The maximum absolute atomic E-state index is 13.0. The van der Waals surface area contributed by atoms with Gasteiger partial charge in [-0.25, -0.2) is 0 Å². The highest BCUT2D eigenvalue weighted by Crippen LogP contribution is 2.29. The van der Waals surface area contributed by atoms with Crippen LogP contribution in [0.5, 0.6) is 0 Å². The highest BCUT2D eigenvalue weighted by molar-refractivity contribution is 5.85. The molecule has 7 nitrogen and oxygen atoms in total. The number of halogens is 2. The van der Waals surface area contributed by atoms with E-state index in [0.29, 0.717) is 5.92 Å². The number of aromatic nitrogens is 2. The Hall–Kier alpha value is -0.860. The molecule has 162 valence electrons. The number of aryl methyl sites for hydroxylation is 1. The highest BCUT2D eigenvalue weighted by atomic mass is 35.5. The van der Waals surface area contributed by atoms with Crippen LogP contribution < -0.4 is 5.32 Å². The Bertz CT molecular complexity index is 605. The van der Waals surface area contributed by atoms with E-state index in [0.717, 1.165) is 57.7 Å². The monoisotopic (exact) mass is 435 g/mol. The standard InChI is InChI=1S/C19H33N5O2.2ClH/c1-14(25)11-24-6-4-15(5-7-24)12-22(2)19(26)18-10-20-9-17(18)16-8-21-23(3)13-16;;/h8,13-15,17-18,20,25H,4-7,9-12H2,1-3H3;2*1H/t14?,17-,18+;;/m1../s1. The van der Waals surface area contributed by atoms with Gasteiger partial charge in [-0.15, -0.1) is 24.8 Å². The van der Waals surface area contributed by atoms with Crippen LogP contribution in [-0.2, 0) is 11.8 Å². The molecule has 3 heterocycles. The van der Waals surface area contributed by atoms with Crippen molar-refractivity contribution in [2.75, 3.05) is 46.3 Å². The molecule has 2 fully saturated rings. The van der Waals surface area contributed by atoms with Gasteiger partial charge in [0.15, 0.2) is 0 Å². The predicted octanol–water partition coefficient (Wildman–Crippen LogP) is 1.12. The van der Waals surface area contributed by atoms with E-state index >= 15 is 0 Å². The van der Waals surface area contributed by atoms with Crippen molar-refractivity contribution in [1.29, 1.82) is 0 Å². The molecule has 0 spiro atoms. The highest BCUT2D eigenvalue weighted by Gasteiger charge is 2.36. The van der Waals surface area contributed by atoms with Crippen LogP contribution in [0.15, 0.2) is 12.4 Å². The first-order chi connectivity index (χ1) is 12.4.